The topological polar surface area (TPSA) is 77.3 Å². The number of hydrogen-bond acceptors (Lipinski definition) is 5. The van der Waals surface area contributed by atoms with Gasteiger partial charge in [-0.1, -0.05) is 12.1 Å². The third-order valence-corrected chi connectivity index (χ3v) is 2.97. The molecular formula is C15H17N3O3. The van der Waals surface area contributed by atoms with E-state index in [9.17, 15) is 10.1 Å². The average Bonchev–Trinajstić information content (AvgIpc) is 2.49. The van der Waals surface area contributed by atoms with Crippen LogP contribution >= 0.6 is 0 Å². The Bertz CT molecular complexity index is 602. The molecule has 21 heavy (non-hydrogen) atoms. The molecule has 0 bridgehead atoms. The summed E-state index contributed by atoms with van der Waals surface area (Å²) < 4.78 is 5.55. The molecule has 0 aliphatic heterocycles. The number of benzene rings is 1. The second kappa shape index (κ2) is 7.35. The van der Waals surface area contributed by atoms with E-state index in [2.05, 4.69) is 10.3 Å². The van der Waals surface area contributed by atoms with Crippen LogP contribution in [0.5, 0.6) is 5.75 Å². The van der Waals surface area contributed by atoms with Gasteiger partial charge in [-0.05, 0) is 30.3 Å². The van der Waals surface area contributed by atoms with Gasteiger partial charge < -0.3 is 10.1 Å². The van der Waals surface area contributed by atoms with Crippen LogP contribution in [0.25, 0.3) is 0 Å². The van der Waals surface area contributed by atoms with Crippen LogP contribution in [-0.4, -0.2) is 23.6 Å². The molecule has 0 aliphatic rings. The minimum absolute atomic E-state index is 0.00561. The van der Waals surface area contributed by atoms with E-state index in [0.29, 0.717) is 25.3 Å². The molecule has 0 amide bonds. The van der Waals surface area contributed by atoms with Gasteiger partial charge in [0, 0.05) is 31.4 Å². The monoisotopic (exact) mass is 287 g/mol. The van der Waals surface area contributed by atoms with Gasteiger partial charge in [-0.25, -0.2) is 0 Å². The highest BCUT2D eigenvalue weighted by atomic mass is 16.6. The first-order chi connectivity index (χ1) is 10.2. The second-order valence-corrected chi connectivity index (χ2v) is 4.55. The Balaban J connectivity index is 2.03. The van der Waals surface area contributed by atoms with Crippen molar-refractivity contribution >= 4 is 5.69 Å². The first-order valence-electron chi connectivity index (χ1n) is 6.64. The quantitative estimate of drug-likeness (QED) is 0.624. The highest BCUT2D eigenvalue weighted by molar-refractivity contribution is 5.48. The smallest absolute Gasteiger partial charge is 0.311 e. The number of nitro groups is 1. The summed E-state index contributed by atoms with van der Waals surface area (Å²) in [5.74, 6) is 0.295. The van der Waals surface area contributed by atoms with Crippen LogP contribution in [0.3, 0.4) is 0 Å². The molecule has 1 N–H and O–H groups in total. The average molecular weight is 287 g/mol. The minimum atomic E-state index is -0.418. The number of nitro benzene ring substituents is 1. The van der Waals surface area contributed by atoms with Crippen molar-refractivity contribution in [3.05, 3.63) is 64.0 Å². The third-order valence-electron chi connectivity index (χ3n) is 2.97. The Hall–Kier alpha value is -2.47. The molecule has 1 aromatic heterocycles. The Morgan fingerprint density at radius 2 is 2.19 bits per heavy atom. The van der Waals surface area contributed by atoms with Crippen LogP contribution in [0.4, 0.5) is 5.69 Å². The fourth-order valence-electron chi connectivity index (χ4n) is 1.97. The molecule has 2 rings (SSSR count). The number of nitrogens with zero attached hydrogens (tertiary/aromatic N) is 2. The maximum absolute atomic E-state index is 11.1. The number of ether oxygens (including phenoxy) is 1. The number of rotatable bonds is 7. The van der Waals surface area contributed by atoms with E-state index in [-0.39, 0.29) is 5.69 Å². The molecule has 1 aromatic carbocycles. The van der Waals surface area contributed by atoms with Crippen molar-refractivity contribution in [3.8, 4) is 5.75 Å². The van der Waals surface area contributed by atoms with Crippen molar-refractivity contribution < 1.29 is 9.66 Å². The van der Waals surface area contributed by atoms with Crippen molar-refractivity contribution in [3.63, 3.8) is 0 Å². The molecule has 6 nitrogen and oxygen atoms in total. The predicted octanol–water partition coefficient (Wildman–Crippen LogP) is 2.33. The summed E-state index contributed by atoms with van der Waals surface area (Å²) in [6.07, 6.45) is 4.12. The zero-order valence-corrected chi connectivity index (χ0v) is 11.8. The molecular weight excluding hydrogens is 270 g/mol. The van der Waals surface area contributed by atoms with E-state index in [1.807, 2.05) is 18.2 Å². The third kappa shape index (κ3) is 4.25. The molecule has 0 unspecified atom stereocenters. The number of pyridine rings is 1. The van der Waals surface area contributed by atoms with Crippen molar-refractivity contribution in [2.75, 3.05) is 13.7 Å². The standard InChI is InChI=1S/C15H17N3O3/c1-16-10-13-4-5-15(14(9-13)18(19)20)21-8-6-12-3-2-7-17-11-12/h2-5,7,9,11,16H,6,8,10H2,1H3. The molecule has 0 radical (unpaired) electrons. The van der Waals surface area contributed by atoms with Crippen LogP contribution in [0.2, 0.25) is 0 Å². The van der Waals surface area contributed by atoms with Gasteiger partial charge in [-0.3, -0.25) is 15.1 Å². The first kappa shape index (κ1) is 14.9. The lowest BCUT2D eigenvalue weighted by molar-refractivity contribution is -0.385. The molecule has 0 atom stereocenters. The minimum Gasteiger partial charge on any atom is -0.486 e. The largest absolute Gasteiger partial charge is 0.486 e. The SMILES string of the molecule is CNCc1ccc(OCCc2cccnc2)c([N+](=O)[O-])c1. The number of hydrogen-bond donors (Lipinski definition) is 1. The maximum atomic E-state index is 11.1. The van der Waals surface area contributed by atoms with Crippen LogP contribution < -0.4 is 10.1 Å². The van der Waals surface area contributed by atoms with Gasteiger partial charge in [-0.15, -0.1) is 0 Å². The van der Waals surface area contributed by atoms with Gasteiger partial charge in [0.15, 0.2) is 5.75 Å². The van der Waals surface area contributed by atoms with Crippen molar-refractivity contribution in [2.45, 2.75) is 13.0 Å². The van der Waals surface area contributed by atoms with Crippen LogP contribution in [-0.2, 0) is 13.0 Å². The van der Waals surface area contributed by atoms with E-state index < -0.39 is 4.92 Å². The predicted molar refractivity (Wildman–Crippen MR) is 79.3 cm³/mol. The highest BCUT2D eigenvalue weighted by Crippen LogP contribution is 2.28. The summed E-state index contributed by atoms with van der Waals surface area (Å²) >= 11 is 0. The molecule has 0 aliphatic carbocycles. The summed E-state index contributed by atoms with van der Waals surface area (Å²) in [7, 11) is 1.80. The number of aromatic nitrogens is 1. The Kier molecular flexibility index (Phi) is 5.22. The van der Waals surface area contributed by atoms with Gasteiger partial charge in [0.25, 0.3) is 0 Å². The zero-order chi connectivity index (χ0) is 15.1. The lowest BCUT2D eigenvalue weighted by Crippen LogP contribution is -2.07. The van der Waals surface area contributed by atoms with E-state index in [1.54, 1.807) is 25.5 Å². The Labute approximate surface area is 122 Å². The number of nitrogens with one attached hydrogen (secondary N) is 1. The van der Waals surface area contributed by atoms with Crippen LogP contribution in [0, 0.1) is 10.1 Å². The maximum Gasteiger partial charge on any atom is 0.311 e. The van der Waals surface area contributed by atoms with Gasteiger partial charge in [0.1, 0.15) is 0 Å². The lowest BCUT2D eigenvalue weighted by Gasteiger charge is -2.08. The Morgan fingerprint density at radius 3 is 2.86 bits per heavy atom. The normalized spacial score (nSPS) is 10.3. The first-order valence-corrected chi connectivity index (χ1v) is 6.64. The molecule has 110 valence electrons. The van der Waals surface area contributed by atoms with E-state index >= 15 is 0 Å². The summed E-state index contributed by atoms with van der Waals surface area (Å²) in [6.45, 7) is 0.953. The fourth-order valence-corrected chi connectivity index (χ4v) is 1.97. The van der Waals surface area contributed by atoms with E-state index in [0.717, 1.165) is 11.1 Å². The van der Waals surface area contributed by atoms with Gasteiger partial charge in [0.05, 0.1) is 11.5 Å². The lowest BCUT2D eigenvalue weighted by atomic mass is 10.2. The molecule has 0 saturated heterocycles. The molecule has 0 saturated carbocycles. The second-order valence-electron chi connectivity index (χ2n) is 4.55. The van der Waals surface area contributed by atoms with Gasteiger partial charge >= 0.3 is 5.69 Å². The molecule has 1 heterocycles. The molecule has 0 spiro atoms. The summed E-state index contributed by atoms with van der Waals surface area (Å²) in [5, 5.41) is 14.1. The van der Waals surface area contributed by atoms with E-state index in [1.165, 1.54) is 6.07 Å². The van der Waals surface area contributed by atoms with Crippen LogP contribution in [0.1, 0.15) is 11.1 Å². The van der Waals surface area contributed by atoms with Crippen molar-refractivity contribution in [1.82, 2.24) is 10.3 Å². The van der Waals surface area contributed by atoms with Crippen molar-refractivity contribution in [1.29, 1.82) is 0 Å². The fraction of sp³-hybridized carbons (Fsp3) is 0.267. The summed E-state index contributed by atoms with van der Waals surface area (Å²) in [6, 6.07) is 8.80. The Morgan fingerprint density at radius 1 is 1.33 bits per heavy atom. The van der Waals surface area contributed by atoms with Gasteiger partial charge in [0.2, 0.25) is 0 Å². The highest BCUT2D eigenvalue weighted by Gasteiger charge is 2.15. The zero-order valence-electron chi connectivity index (χ0n) is 11.8. The summed E-state index contributed by atoms with van der Waals surface area (Å²) in [4.78, 5) is 14.7. The van der Waals surface area contributed by atoms with Crippen LogP contribution in [0.15, 0.2) is 42.7 Å². The van der Waals surface area contributed by atoms with Crippen molar-refractivity contribution in [2.24, 2.45) is 0 Å². The van der Waals surface area contributed by atoms with E-state index in [4.69, 9.17) is 4.74 Å². The summed E-state index contributed by atoms with van der Waals surface area (Å²) in [5.41, 5.74) is 1.88. The molecule has 0 fully saturated rings. The van der Waals surface area contributed by atoms with Gasteiger partial charge in [-0.2, -0.15) is 0 Å². The molecule has 6 heteroatoms. The molecule has 2 aromatic rings.